The second-order valence-electron chi connectivity index (χ2n) is 7.44. The highest BCUT2D eigenvalue weighted by Crippen LogP contribution is 2.28. The van der Waals surface area contributed by atoms with E-state index in [0.717, 1.165) is 22.0 Å². The lowest BCUT2D eigenvalue weighted by Gasteiger charge is -2.16. The van der Waals surface area contributed by atoms with E-state index in [1.807, 2.05) is 48.0 Å². The third-order valence-electron chi connectivity index (χ3n) is 5.57. The Morgan fingerprint density at radius 3 is 2.87 bits per heavy atom. The first kappa shape index (κ1) is 17.6. The van der Waals surface area contributed by atoms with Crippen LogP contribution in [0, 0.1) is 5.82 Å². The van der Waals surface area contributed by atoms with Gasteiger partial charge in [0.1, 0.15) is 11.5 Å². The van der Waals surface area contributed by atoms with Crippen molar-refractivity contribution in [3.8, 4) is 11.3 Å². The number of aromatic amines is 1. The van der Waals surface area contributed by atoms with Crippen molar-refractivity contribution in [2.45, 2.75) is 13.0 Å². The Kier molecular flexibility index (Phi) is 3.79. The highest BCUT2D eigenvalue weighted by atomic mass is 19.1. The van der Waals surface area contributed by atoms with E-state index < -0.39 is 0 Å². The second-order valence-corrected chi connectivity index (χ2v) is 7.44. The molecule has 1 unspecified atom stereocenters. The molecule has 1 aromatic carbocycles. The summed E-state index contributed by atoms with van der Waals surface area (Å²) in [7, 11) is 0. The number of aromatic nitrogens is 7. The zero-order valence-electron chi connectivity index (χ0n) is 16.5. The average Bonchev–Trinajstić information content (AvgIpc) is 3.44. The molecule has 7 nitrogen and oxygen atoms in total. The predicted octanol–water partition coefficient (Wildman–Crippen LogP) is 4.67. The van der Waals surface area contributed by atoms with Gasteiger partial charge in [0.15, 0.2) is 11.3 Å². The van der Waals surface area contributed by atoms with Gasteiger partial charge in [-0.2, -0.15) is 0 Å². The molecule has 6 aromatic rings. The van der Waals surface area contributed by atoms with Crippen molar-refractivity contribution in [3.63, 3.8) is 0 Å². The average molecular weight is 409 g/mol. The number of H-pyrrole nitrogens is 1. The van der Waals surface area contributed by atoms with Gasteiger partial charge in [0, 0.05) is 46.6 Å². The van der Waals surface area contributed by atoms with E-state index in [1.165, 1.54) is 6.07 Å². The molecule has 0 spiro atoms. The number of hydrogen-bond donors (Lipinski definition) is 1. The lowest BCUT2D eigenvalue weighted by molar-refractivity contribution is 0.564. The van der Waals surface area contributed by atoms with E-state index in [0.29, 0.717) is 28.1 Å². The van der Waals surface area contributed by atoms with Crippen molar-refractivity contribution in [2.24, 2.45) is 0 Å². The number of imidazole rings is 1. The molecule has 8 heteroatoms. The van der Waals surface area contributed by atoms with Crippen molar-refractivity contribution in [1.82, 2.24) is 34.5 Å². The van der Waals surface area contributed by atoms with Gasteiger partial charge in [0.05, 0.1) is 29.8 Å². The van der Waals surface area contributed by atoms with Crippen LogP contribution in [0.25, 0.3) is 44.5 Å². The summed E-state index contributed by atoms with van der Waals surface area (Å²) in [4.78, 5) is 25.4. The Morgan fingerprint density at radius 2 is 1.94 bits per heavy atom. The van der Waals surface area contributed by atoms with Crippen LogP contribution in [0.4, 0.5) is 4.39 Å². The standard InChI is InChI=1S/C23H16FN7/c1-13(17-8-14-3-2-5-25-19(14)9-18(17)24)31-12-29-22-23(31)30-20(11-28-22)16-7-15-4-6-26-21(15)27-10-16/h2-13H,1H3,(H,26,27). The Morgan fingerprint density at radius 1 is 1.00 bits per heavy atom. The topological polar surface area (TPSA) is 85.2 Å². The first-order valence-electron chi connectivity index (χ1n) is 9.84. The zero-order chi connectivity index (χ0) is 20.9. The van der Waals surface area contributed by atoms with E-state index in [4.69, 9.17) is 4.98 Å². The summed E-state index contributed by atoms with van der Waals surface area (Å²) < 4.78 is 16.7. The summed E-state index contributed by atoms with van der Waals surface area (Å²) in [6, 6.07) is 10.7. The fraction of sp³-hybridized carbons (Fsp3) is 0.0870. The summed E-state index contributed by atoms with van der Waals surface area (Å²) in [5.74, 6) is -0.313. The molecule has 31 heavy (non-hydrogen) atoms. The molecule has 5 aromatic heterocycles. The minimum atomic E-state index is -0.329. The molecular formula is C23H16FN7. The number of halogens is 1. The number of hydrogen-bond acceptors (Lipinski definition) is 5. The molecule has 6 rings (SSSR count). The van der Waals surface area contributed by atoms with Gasteiger partial charge in [-0.05, 0) is 31.2 Å². The second kappa shape index (κ2) is 6.66. The molecule has 150 valence electrons. The molecule has 1 atom stereocenters. The molecule has 0 radical (unpaired) electrons. The first-order valence-corrected chi connectivity index (χ1v) is 9.84. The summed E-state index contributed by atoms with van der Waals surface area (Å²) in [5, 5.41) is 1.88. The van der Waals surface area contributed by atoms with Gasteiger partial charge in [-0.25, -0.2) is 24.3 Å². The molecular weight excluding hydrogens is 393 g/mol. The SMILES string of the molecule is CC(c1cc2cccnc2cc1F)n1cnc2ncc(-c3cnc4[nH]ccc4c3)nc21. The van der Waals surface area contributed by atoms with E-state index in [9.17, 15) is 4.39 Å². The van der Waals surface area contributed by atoms with Gasteiger partial charge in [0.25, 0.3) is 0 Å². The van der Waals surface area contributed by atoms with Gasteiger partial charge in [-0.3, -0.25) is 4.98 Å². The minimum absolute atomic E-state index is 0.313. The quantitative estimate of drug-likeness (QED) is 0.459. The van der Waals surface area contributed by atoms with Crippen molar-refractivity contribution in [1.29, 1.82) is 0 Å². The zero-order valence-corrected chi connectivity index (χ0v) is 16.5. The maximum absolute atomic E-state index is 14.9. The fourth-order valence-corrected chi connectivity index (χ4v) is 3.89. The predicted molar refractivity (Wildman–Crippen MR) is 116 cm³/mol. The number of rotatable bonds is 3. The van der Waals surface area contributed by atoms with Crippen LogP contribution < -0.4 is 0 Å². The third-order valence-corrected chi connectivity index (χ3v) is 5.57. The summed E-state index contributed by atoms with van der Waals surface area (Å²) in [6.07, 6.45) is 8.60. The van der Waals surface area contributed by atoms with Gasteiger partial charge in [-0.15, -0.1) is 0 Å². The minimum Gasteiger partial charge on any atom is -0.346 e. The molecule has 0 saturated carbocycles. The summed E-state index contributed by atoms with van der Waals surface area (Å²) in [6.45, 7) is 1.92. The summed E-state index contributed by atoms with van der Waals surface area (Å²) in [5.41, 5.74) is 4.62. The monoisotopic (exact) mass is 409 g/mol. The Bertz CT molecular complexity index is 1580. The van der Waals surface area contributed by atoms with Crippen molar-refractivity contribution in [2.75, 3.05) is 0 Å². The van der Waals surface area contributed by atoms with Crippen LogP contribution >= 0.6 is 0 Å². The molecule has 1 N–H and O–H groups in total. The number of fused-ring (bicyclic) bond motifs is 3. The van der Waals surface area contributed by atoms with E-state index in [-0.39, 0.29) is 11.9 Å². The van der Waals surface area contributed by atoms with Crippen LogP contribution in [-0.4, -0.2) is 34.5 Å². The van der Waals surface area contributed by atoms with Crippen molar-refractivity contribution in [3.05, 3.63) is 78.9 Å². The van der Waals surface area contributed by atoms with E-state index >= 15 is 0 Å². The fourth-order valence-electron chi connectivity index (χ4n) is 3.89. The molecule has 0 aliphatic rings. The highest BCUT2D eigenvalue weighted by molar-refractivity contribution is 5.82. The van der Waals surface area contributed by atoms with Crippen LogP contribution in [0.2, 0.25) is 0 Å². The number of pyridine rings is 2. The third kappa shape index (κ3) is 2.83. The molecule has 0 aliphatic carbocycles. The van der Waals surface area contributed by atoms with Gasteiger partial charge < -0.3 is 9.55 Å². The molecule has 0 saturated heterocycles. The van der Waals surface area contributed by atoms with Gasteiger partial charge in [0.2, 0.25) is 0 Å². The van der Waals surface area contributed by atoms with Crippen LogP contribution in [0.5, 0.6) is 0 Å². The highest BCUT2D eigenvalue weighted by Gasteiger charge is 2.18. The maximum atomic E-state index is 14.9. The normalized spacial score (nSPS) is 12.7. The number of nitrogens with zero attached hydrogens (tertiary/aromatic N) is 6. The van der Waals surface area contributed by atoms with Gasteiger partial charge in [-0.1, -0.05) is 6.07 Å². The Labute approximate surface area is 175 Å². The largest absolute Gasteiger partial charge is 0.346 e. The molecule has 0 bridgehead atoms. The summed E-state index contributed by atoms with van der Waals surface area (Å²) >= 11 is 0. The maximum Gasteiger partial charge on any atom is 0.197 e. The first-order chi connectivity index (χ1) is 15.2. The van der Waals surface area contributed by atoms with Crippen molar-refractivity contribution < 1.29 is 4.39 Å². The lowest BCUT2D eigenvalue weighted by Crippen LogP contribution is -2.09. The van der Waals surface area contributed by atoms with Crippen LogP contribution in [0.1, 0.15) is 18.5 Å². The smallest absolute Gasteiger partial charge is 0.197 e. The Hall–Kier alpha value is -4.20. The van der Waals surface area contributed by atoms with Gasteiger partial charge >= 0.3 is 0 Å². The molecule has 0 fully saturated rings. The lowest BCUT2D eigenvalue weighted by atomic mass is 10.0. The van der Waals surface area contributed by atoms with Crippen molar-refractivity contribution >= 4 is 33.2 Å². The molecule has 0 aliphatic heterocycles. The molecule has 5 heterocycles. The number of benzene rings is 1. The van der Waals surface area contributed by atoms with Crippen LogP contribution in [0.15, 0.2) is 67.5 Å². The molecule has 0 amide bonds. The Balaban J connectivity index is 1.47. The van der Waals surface area contributed by atoms with Crippen LogP contribution in [-0.2, 0) is 0 Å². The number of nitrogens with one attached hydrogen (secondary N) is 1. The van der Waals surface area contributed by atoms with E-state index in [1.54, 1.807) is 24.9 Å². The van der Waals surface area contributed by atoms with E-state index in [2.05, 4.69) is 24.9 Å². The van der Waals surface area contributed by atoms with Crippen LogP contribution in [0.3, 0.4) is 0 Å².